The second-order valence-corrected chi connectivity index (χ2v) is 10.6. The normalized spacial score (nSPS) is 12.0. The average molecular weight is 659 g/mol. The first-order valence-corrected chi connectivity index (χ1v) is 13.7. The highest BCUT2D eigenvalue weighted by atomic mass is 79.9. The van der Waals surface area contributed by atoms with E-state index in [2.05, 4.69) is 43.0 Å². The van der Waals surface area contributed by atoms with E-state index in [4.69, 9.17) is 26.1 Å². The third-order valence-corrected chi connectivity index (χ3v) is 8.02. The van der Waals surface area contributed by atoms with Crippen LogP contribution < -0.4 is 15.0 Å². The molecule has 0 radical (unpaired) electrons. The molecular formula is C28H23Br2ClN4O3. The molecule has 0 amide bonds. The van der Waals surface area contributed by atoms with E-state index in [1.54, 1.807) is 24.3 Å². The predicted octanol–water partition coefficient (Wildman–Crippen LogP) is 7.43. The number of ether oxygens (including phenoxy) is 2. The SMILES string of the molecule is CC[C@@H](C)c1nc2ccc(Br)cc2c(=O)n1N=Cc1cc(OC)c(OCc2ccccc2C#N)c(Cl)c1Br. The van der Waals surface area contributed by atoms with Crippen LogP contribution in [-0.2, 0) is 6.61 Å². The smallest absolute Gasteiger partial charge is 0.282 e. The first kappa shape index (κ1) is 27.8. The molecule has 0 aliphatic carbocycles. The number of fused-ring (bicyclic) bond motifs is 1. The molecule has 0 N–H and O–H groups in total. The number of hydrogen-bond donors (Lipinski definition) is 0. The number of rotatable bonds is 8. The minimum atomic E-state index is -0.270. The molecule has 7 nitrogen and oxygen atoms in total. The van der Waals surface area contributed by atoms with Crippen molar-refractivity contribution in [3.63, 3.8) is 0 Å². The van der Waals surface area contributed by atoms with Gasteiger partial charge in [-0.25, -0.2) is 4.98 Å². The molecule has 3 aromatic carbocycles. The Balaban J connectivity index is 1.75. The molecule has 4 aromatic rings. The third-order valence-electron chi connectivity index (χ3n) is 6.08. The van der Waals surface area contributed by atoms with E-state index in [9.17, 15) is 10.1 Å². The van der Waals surface area contributed by atoms with Gasteiger partial charge in [-0.2, -0.15) is 15.0 Å². The van der Waals surface area contributed by atoms with Crippen LogP contribution in [0, 0.1) is 11.3 Å². The number of benzene rings is 3. The lowest BCUT2D eigenvalue weighted by Gasteiger charge is -2.16. The van der Waals surface area contributed by atoms with Gasteiger partial charge >= 0.3 is 0 Å². The monoisotopic (exact) mass is 656 g/mol. The quantitative estimate of drug-likeness (QED) is 0.184. The second-order valence-electron chi connectivity index (χ2n) is 8.49. The molecule has 0 bridgehead atoms. The Morgan fingerprint density at radius 1 is 1.24 bits per heavy atom. The molecule has 0 saturated heterocycles. The third kappa shape index (κ3) is 5.63. The van der Waals surface area contributed by atoms with Gasteiger partial charge in [-0.1, -0.05) is 59.6 Å². The number of halogens is 3. The molecule has 38 heavy (non-hydrogen) atoms. The summed E-state index contributed by atoms with van der Waals surface area (Å²) >= 11 is 13.6. The van der Waals surface area contributed by atoms with Gasteiger partial charge in [0, 0.05) is 26.0 Å². The van der Waals surface area contributed by atoms with Crippen molar-refractivity contribution < 1.29 is 9.47 Å². The second kappa shape index (κ2) is 12.1. The van der Waals surface area contributed by atoms with Crippen LogP contribution in [0.2, 0.25) is 5.02 Å². The van der Waals surface area contributed by atoms with Crippen molar-refractivity contribution in [3.8, 4) is 17.6 Å². The fraction of sp³-hybridized carbons (Fsp3) is 0.214. The molecule has 0 aliphatic heterocycles. The molecule has 0 fully saturated rings. The standard InChI is InChI=1S/C28H23Br2ClN4O3/c1-4-16(2)27-34-22-10-9-20(29)12-21(22)28(36)35(27)33-14-19-11-23(37-3)26(25(31)24(19)30)38-15-18-8-6-5-7-17(18)13-32/h5-12,14,16H,4,15H2,1-3H3/t16-/m1/s1. The van der Waals surface area contributed by atoms with E-state index >= 15 is 0 Å². The van der Waals surface area contributed by atoms with Gasteiger partial charge in [-0.15, -0.1) is 0 Å². The van der Waals surface area contributed by atoms with Gasteiger partial charge in [0.15, 0.2) is 11.5 Å². The minimum Gasteiger partial charge on any atom is -0.493 e. The lowest BCUT2D eigenvalue weighted by molar-refractivity contribution is 0.284. The largest absolute Gasteiger partial charge is 0.493 e. The molecule has 10 heteroatoms. The van der Waals surface area contributed by atoms with E-state index in [0.29, 0.717) is 43.8 Å². The first-order chi connectivity index (χ1) is 18.3. The van der Waals surface area contributed by atoms with E-state index in [0.717, 1.165) is 16.5 Å². The van der Waals surface area contributed by atoms with Crippen molar-refractivity contribution in [1.82, 2.24) is 9.66 Å². The zero-order valence-corrected chi connectivity index (χ0v) is 24.8. The molecule has 194 valence electrons. The van der Waals surface area contributed by atoms with E-state index in [1.807, 2.05) is 38.1 Å². The maximum Gasteiger partial charge on any atom is 0.282 e. The minimum absolute atomic E-state index is 0.00141. The molecule has 0 spiro atoms. The summed E-state index contributed by atoms with van der Waals surface area (Å²) in [5, 5.41) is 14.6. The Hall–Kier alpha value is -3.19. The van der Waals surface area contributed by atoms with Gasteiger partial charge in [-0.3, -0.25) is 4.79 Å². The van der Waals surface area contributed by atoms with Crippen molar-refractivity contribution >= 4 is 60.6 Å². The van der Waals surface area contributed by atoms with Gasteiger partial charge in [-0.05, 0) is 52.7 Å². The summed E-state index contributed by atoms with van der Waals surface area (Å²) in [5.41, 5.74) is 2.16. The van der Waals surface area contributed by atoms with E-state index < -0.39 is 0 Å². The van der Waals surface area contributed by atoms with Crippen LogP contribution in [-0.4, -0.2) is 23.0 Å². The summed E-state index contributed by atoms with van der Waals surface area (Å²) in [6.07, 6.45) is 2.32. The van der Waals surface area contributed by atoms with Gasteiger partial charge in [0.1, 0.15) is 17.5 Å². The van der Waals surface area contributed by atoms with Crippen LogP contribution in [0.15, 0.2) is 67.4 Å². The van der Waals surface area contributed by atoms with Crippen molar-refractivity contribution in [3.05, 3.63) is 95.4 Å². The van der Waals surface area contributed by atoms with Crippen LogP contribution in [0.5, 0.6) is 11.5 Å². The molecular weight excluding hydrogens is 636 g/mol. The Kier molecular flexibility index (Phi) is 8.87. The molecule has 1 aromatic heterocycles. The van der Waals surface area contributed by atoms with Gasteiger partial charge in [0.2, 0.25) is 0 Å². The zero-order valence-electron chi connectivity index (χ0n) is 20.8. The summed E-state index contributed by atoms with van der Waals surface area (Å²) in [6.45, 7) is 4.17. The molecule has 0 unspecified atom stereocenters. The zero-order chi connectivity index (χ0) is 27.4. The molecule has 0 saturated carbocycles. The fourth-order valence-electron chi connectivity index (χ4n) is 3.79. The Morgan fingerprint density at radius 3 is 2.71 bits per heavy atom. The maximum atomic E-state index is 13.4. The summed E-state index contributed by atoms with van der Waals surface area (Å²) < 4.78 is 14.2. The van der Waals surface area contributed by atoms with Crippen molar-refractivity contribution in [1.29, 1.82) is 5.26 Å². The lowest BCUT2D eigenvalue weighted by Crippen LogP contribution is -2.23. The molecule has 1 heterocycles. The highest BCUT2D eigenvalue weighted by molar-refractivity contribution is 9.10. The summed E-state index contributed by atoms with van der Waals surface area (Å²) in [6, 6.07) is 16.5. The van der Waals surface area contributed by atoms with E-state index in [-0.39, 0.29) is 23.1 Å². The Labute approximate surface area is 241 Å². The molecule has 1 atom stereocenters. The number of aromatic nitrogens is 2. The fourth-order valence-corrected chi connectivity index (χ4v) is 4.80. The van der Waals surface area contributed by atoms with Crippen molar-refractivity contribution in [2.45, 2.75) is 32.8 Å². The van der Waals surface area contributed by atoms with Gasteiger partial charge in [0.25, 0.3) is 5.56 Å². The Bertz CT molecular complexity index is 1650. The van der Waals surface area contributed by atoms with Crippen LogP contribution in [0.25, 0.3) is 10.9 Å². The number of methoxy groups -OCH3 is 1. The molecule has 0 aliphatic rings. The topological polar surface area (TPSA) is 89.5 Å². The van der Waals surface area contributed by atoms with Crippen LogP contribution in [0.1, 0.15) is 48.7 Å². The van der Waals surface area contributed by atoms with Crippen LogP contribution in [0.3, 0.4) is 0 Å². The predicted molar refractivity (Wildman–Crippen MR) is 157 cm³/mol. The summed E-state index contributed by atoms with van der Waals surface area (Å²) in [5.74, 6) is 1.26. The van der Waals surface area contributed by atoms with Gasteiger partial charge < -0.3 is 9.47 Å². The summed E-state index contributed by atoms with van der Waals surface area (Å²) in [4.78, 5) is 18.2. The summed E-state index contributed by atoms with van der Waals surface area (Å²) in [7, 11) is 1.51. The molecule has 4 rings (SSSR count). The van der Waals surface area contributed by atoms with Crippen LogP contribution in [0.4, 0.5) is 0 Å². The highest BCUT2D eigenvalue weighted by Crippen LogP contribution is 2.42. The number of nitriles is 1. The van der Waals surface area contributed by atoms with Crippen molar-refractivity contribution in [2.24, 2.45) is 5.10 Å². The highest BCUT2D eigenvalue weighted by Gasteiger charge is 2.19. The van der Waals surface area contributed by atoms with Crippen LogP contribution >= 0.6 is 43.5 Å². The number of nitrogens with zero attached hydrogens (tertiary/aromatic N) is 4. The van der Waals surface area contributed by atoms with Crippen molar-refractivity contribution in [2.75, 3.05) is 7.11 Å². The first-order valence-electron chi connectivity index (χ1n) is 11.7. The average Bonchev–Trinajstić information content (AvgIpc) is 2.93. The maximum absolute atomic E-state index is 13.4. The Morgan fingerprint density at radius 2 is 2.00 bits per heavy atom. The number of hydrogen-bond acceptors (Lipinski definition) is 6. The lowest BCUT2D eigenvalue weighted by atomic mass is 10.1. The van der Waals surface area contributed by atoms with Gasteiger partial charge in [0.05, 0.1) is 35.9 Å². The van der Waals surface area contributed by atoms with E-state index in [1.165, 1.54) is 18.0 Å².